The molecule has 1 amide bonds. The lowest BCUT2D eigenvalue weighted by molar-refractivity contribution is -0.139. The van der Waals surface area contributed by atoms with Gasteiger partial charge in [-0.1, -0.05) is 35.9 Å². The summed E-state index contributed by atoms with van der Waals surface area (Å²) in [5, 5.41) is 11.8. The first-order valence-corrected chi connectivity index (χ1v) is 12.6. The smallest absolute Gasteiger partial charge is 0.295 e. The summed E-state index contributed by atoms with van der Waals surface area (Å²) in [7, 11) is 1.42. The molecule has 6 nitrogen and oxygen atoms in total. The third-order valence-corrected chi connectivity index (χ3v) is 6.59. The van der Waals surface area contributed by atoms with Crippen molar-refractivity contribution in [1.29, 1.82) is 0 Å². The van der Waals surface area contributed by atoms with Gasteiger partial charge in [0.15, 0.2) is 0 Å². The maximum atomic E-state index is 13.4. The molecule has 0 aromatic heterocycles. The molecule has 4 rings (SSSR count). The maximum Gasteiger partial charge on any atom is 0.295 e. The van der Waals surface area contributed by atoms with Crippen molar-refractivity contribution in [1.82, 2.24) is 4.90 Å². The Hall–Kier alpha value is -3.84. The number of hydrogen-bond acceptors (Lipinski definition) is 5. The Morgan fingerprint density at radius 1 is 1.08 bits per heavy atom. The van der Waals surface area contributed by atoms with Crippen LogP contribution in [0.25, 0.3) is 5.76 Å². The number of likely N-dealkylation sites (tertiary alicyclic amines) is 1. The Kier molecular flexibility index (Phi) is 8.07. The van der Waals surface area contributed by atoms with Gasteiger partial charge in [0, 0.05) is 6.54 Å². The quantitative estimate of drug-likeness (QED) is 0.209. The molecule has 198 valence electrons. The number of aliphatic hydroxyl groups is 1. The summed E-state index contributed by atoms with van der Waals surface area (Å²) >= 11 is 6.36. The van der Waals surface area contributed by atoms with Crippen molar-refractivity contribution in [3.8, 4) is 11.5 Å². The van der Waals surface area contributed by atoms with Crippen LogP contribution >= 0.6 is 11.6 Å². The van der Waals surface area contributed by atoms with E-state index < -0.39 is 17.7 Å². The van der Waals surface area contributed by atoms with Crippen LogP contribution in [0, 0.1) is 12.7 Å². The lowest BCUT2D eigenvalue weighted by Crippen LogP contribution is -2.31. The van der Waals surface area contributed by atoms with Crippen molar-refractivity contribution < 1.29 is 28.6 Å². The number of aryl methyl sites for hydroxylation is 1. The molecule has 38 heavy (non-hydrogen) atoms. The second-order valence-corrected chi connectivity index (χ2v) is 9.84. The van der Waals surface area contributed by atoms with Gasteiger partial charge in [-0.05, 0) is 80.3 Å². The molecule has 1 heterocycles. The van der Waals surface area contributed by atoms with Gasteiger partial charge in [0.2, 0.25) is 0 Å². The van der Waals surface area contributed by atoms with Crippen molar-refractivity contribution in [2.75, 3.05) is 13.7 Å². The monoisotopic (exact) mass is 537 g/mol. The first kappa shape index (κ1) is 27.2. The van der Waals surface area contributed by atoms with Gasteiger partial charge < -0.3 is 19.5 Å². The Morgan fingerprint density at radius 3 is 2.34 bits per heavy atom. The van der Waals surface area contributed by atoms with Crippen LogP contribution in [0.4, 0.5) is 4.39 Å². The average Bonchev–Trinajstić information content (AvgIpc) is 3.12. The zero-order chi connectivity index (χ0) is 27.6. The lowest BCUT2D eigenvalue weighted by atomic mass is 9.94. The summed E-state index contributed by atoms with van der Waals surface area (Å²) in [5.41, 5.74) is 2.33. The molecule has 1 saturated heterocycles. The molecule has 0 bridgehead atoms. The standard InChI is InChI=1S/C30H29ClFNO5/c1-17(2)38-22-11-7-20(8-12-22)26-25(27(34)23-15-18(3)16-24(31)29(23)37-4)28(35)30(36)33(26)14-13-19-5-9-21(32)10-6-19/h5-12,15-17,26,34H,13-14H2,1-4H3/b27-25+. The number of ketones is 1. The van der Waals surface area contributed by atoms with Gasteiger partial charge in [-0.2, -0.15) is 0 Å². The van der Waals surface area contributed by atoms with Crippen LogP contribution in [0.3, 0.4) is 0 Å². The molecule has 1 aliphatic rings. The van der Waals surface area contributed by atoms with Gasteiger partial charge in [0.05, 0.1) is 35.4 Å². The highest BCUT2D eigenvalue weighted by Crippen LogP contribution is 2.43. The minimum absolute atomic E-state index is 0.0271. The van der Waals surface area contributed by atoms with Crippen molar-refractivity contribution in [3.05, 3.63) is 99.3 Å². The molecule has 8 heteroatoms. The molecule has 0 saturated carbocycles. The molecule has 1 fully saturated rings. The number of amides is 1. The highest BCUT2D eigenvalue weighted by molar-refractivity contribution is 6.46. The van der Waals surface area contributed by atoms with E-state index in [1.807, 2.05) is 13.8 Å². The predicted molar refractivity (Wildman–Crippen MR) is 144 cm³/mol. The topological polar surface area (TPSA) is 76.1 Å². The van der Waals surface area contributed by atoms with Gasteiger partial charge in [-0.3, -0.25) is 9.59 Å². The molecule has 3 aromatic carbocycles. The molecule has 1 N–H and O–H groups in total. The molecule has 1 aliphatic heterocycles. The maximum absolute atomic E-state index is 13.4. The highest BCUT2D eigenvalue weighted by atomic mass is 35.5. The van der Waals surface area contributed by atoms with Gasteiger partial charge in [0.1, 0.15) is 23.1 Å². The summed E-state index contributed by atoms with van der Waals surface area (Å²) in [6, 6.07) is 15.5. The van der Waals surface area contributed by atoms with E-state index in [1.54, 1.807) is 55.5 Å². The fourth-order valence-electron chi connectivity index (χ4n) is 4.62. The van der Waals surface area contributed by atoms with E-state index in [4.69, 9.17) is 21.1 Å². The van der Waals surface area contributed by atoms with E-state index in [9.17, 15) is 19.1 Å². The molecular weight excluding hydrogens is 509 g/mol. The lowest BCUT2D eigenvalue weighted by Gasteiger charge is -2.26. The number of aliphatic hydroxyl groups excluding tert-OH is 1. The van der Waals surface area contributed by atoms with E-state index in [0.717, 1.165) is 11.1 Å². The van der Waals surface area contributed by atoms with Crippen molar-refractivity contribution in [2.45, 2.75) is 39.3 Å². The van der Waals surface area contributed by atoms with E-state index in [1.165, 1.54) is 24.1 Å². The second kappa shape index (κ2) is 11.3. The number of carbonyl (C=O) groups excluding carboxylic acids is 2. The average molecular weight is 538 g/mol. The van der Waals surface area contributed by atoms with Crippen molar-refractivity contribution in [2.24, 2.45) is 0 Å². The SMILES string of the molecule is COc1c(Cl)cc(C)cc1/C(O)=C1\C(=O)C(=O)N(CCc2ccc(F)cc2)C1c1ccc(OC(C)C)cc1. The Morgan fingerprint density at radius 2 is 1.74 bits per heavy atom. The van der Waals surface area contributed by atoms with Crippen LogP contribution in [0.1, 0.15) is 42.1 Å². The Labute approximate surface area is 226 Å². The predicted octanol–water partition coefficient (Wildman–Crippen LogP) is 6.25. The molecule has 3 aromatic rings. The van der Waals surface area contributed by atoms with E-state index in [0.29, 0.717) is 17.7 Å². The second-order valence-electron chi connectivity index (χ2n) is 9.43. The van der Waals surface area contributed by atoms with E-state index >= 15 is 0 Å². The largest absolute Gasteiger partial charge is 0.507 e. The fourth-order valence-corrected chi connectivity index (χ4v) is 4.97. The van der Waals surface area contributed by atoms with Gasteiger partial charge in [-0.15, -0.1) is 0 Å². The minimum atomic E-state index is -0.868. The van der Waals surface area contributed by atoms with Gasteiger partial charge in [-0.25, -0.2) is 4.39 Å². The first-order valence-electron chi connectivity index (χ1n) is 12.2. The molecule has 1 unspecified atom stereocenters. The number of nitrogens with zero attached hydrogens (tertiary/aromatic N) is 1. The van der Waals surface area contributed by atoms with Crippen LogP contribution in [-0.4, -0.2) is 41.5 Å². The van der Waals surface area contributed by atoms with Crippen molar-refractivity contribution >= 4 is 29.1 Å². The number of ether oxygens (including phenoxy) is 2. The fraction of sp³-hybridized carbons (Fsp3) is 0.267. The number of methoxy groups -OCH3 is 1. The number of halogens is 2. The first-order chi connectivity index (χ1) is 18.1. The normalized spacial score (nSPS) is 16.8. The zero-order valence-corrected chi connectivity index (χ0v) is 22.4. The third-order valence-electron chi connectivity index (χ3n) is 6.31. The van der Waals surface area contributed by atoms with Crippen molar-refractivity contribution in [3.63, 3.8) is 0 Å². The zero-order valence-electron chi connectivity index (χ0n) is 21.6. The summed E-state index contributed by atoms with van der Waals surface area (Å²) < 4.78 is 24.6. The molecular formula is C30H29ClFNO5. The highest BCUT2D eigenvalue weighted by Gasteiger charge is 2.46. The summed E-state index contributed by atoms with van der Waals surface area (Å²) in [4.78, 5) is 28.1. The summed E-state index contributed by atoms with van der Waals surface area (Å²) in [6.07, 6.45) is 0.360. The van der Waals surface area contributed by atoms with Crippen LogP contribution in [-0.2, 0) is 16.0 Å². The number of benzene rings is 3. The number of Topliss-reactive ketones (excluding diaryl/α,β-unsaturated/α-hetero) is 1. The van der Waals surface area contributed by atoms with Crippen LogP contribution < -0.4 is 9.47 Å². The van der Waals surface area contributed by atoms with Crippen LogP contribution in [0.15, 0.2) is 66.2 Å². The minimum Gasteiger partial charge on any atom is -0.507 e. The van der Waals surface area contributed by atoms with Crippen LogP contribution in [0.2, 0.25) is 5.02 Å². The number of carbonyl (C=O) groups is 2. The van der Waals surface area contributed by atoms with Gasteiger partial charge >= 0.3 is 0 Å². The molecule has 0 spiro atoms. The van der Waals surface area contributed by atoms with Gasteiger partial charge in [0.25, 0.3) is 11.7 Å². The van der Waals surface area contributed by atoms with Crippen LogP contribution in [0.5, 0.6) is 11.5 Å². The molecule has 0 aliphatic carbocycles. The van der Waals surface area contributed by atoms with E-state index in [-0.39, 0.29) is 46.1 Å². The summed E-state index contributed by atoms with van der Waals surface area (Å²) in [6.45, 7) is 5.80. The molecule has 1 atom stereocenters. The Balaban J connectivity index is 1.82. The Bertz CT molecular complexity index is 1380. The number of rotatable bonds is 8. The molecule has 0 radical (unpaired) electrons. The summed E-state index contributed by atoms with van der Waals surface area (Å²) in [5.74, 6) is -1.44. The number of hydrogen-bond donors (Lipinski definition) is 1. The third kappa shape index (κ3) is 5.53. The van der Waals surface area contributed by atoms with E-state index in [2.05, 4.69) is 0 Å².